The Kier molecular flexibility index (Phi) is 6.83. The molecular weight excluding hydrogens is 442 g/mol. The van der Waals surface area contributed by atoms with Crippen molar-refractivity contribution in [1.82, 2.24) is 20.2 Å². The lowest BCUT2D eigenvalue weighted by Gasteiger charge is -2.04. The molecule has 0 unspecified atom stereocenters. The third-order valence-corrected chi connectivity index (χ3v) is 5.34. The molecule has 1 N–H and O–H groups in total. The molecule has 0 fully saturated rings. The zero-order chi connectivity index (χ0) is 19.9. The molecule has 3 aromatic rings. The minimum absolute atomic E-state index is 0.187. The summed E-state index contributed by atoms with van der Waals surface area (Å²) in [5.74, 6) is 1.48. The number of nitrogens with one attached hydrogen (secondary N) is 1. The van der Waals surface area contributed by atoms with Gasteiger partial charge in [-0.2, -0.15) is 5.10 Å². The third kappa shape index (κ3) is 5.20. The molecule has 1 amide bonds. The van der Waals surface area contributed by atoms with E-state index in [1.54, 1.807) is 13.3 Å². The largest absolute Gasteiger partial charge is 0.497 e. The Labute approximate surface area is 175 Å². The van der Waals surface area contributed by atoms with Gasteiger partial charge in [0.2, 0.25) is 0 Å². The van der Waals surface area contributed by atoms with E-state index in [9.17, 15) is 4.79 Å². The highest BCUT2D eigenvalue weighted by Crippen LogP contribution is 2.23. The molecule has 2 aromatic carbocycles. The number of methoxy groups -OCH3 is 1. The number of ether oxygens (including phenoxy) is 1. The quantitative estimate of drug-likeness (QED) is 0.332. The Hall–Kier alpha value is -2.65. The highest BCUT2D eigenvalue weighted by atomic mass is 79.9. The summed E-state index contributed by atoms with van der Waals surface area (Å²) in [6.07, 6.45) is 1.58. The maximum absolute atomic E-state index is 12.0. The molecule has 0 aliphatic rings. The topological polar surface area (TPSA) is 81.4 Å². The van der Waals surface area contributed by atoms with Crippen molar-refractivity contribution in [2.45, 2.75) is 5.16 Å². The summed E-state index contributed by atoms with van der Waals surface area (Å²) in [5.41, 5.74) is 4.33. The number of carbonyl (C=O) groups is 1. The predicted octanol–water partition coefficient (Wildman–Crippen LogP) is 3.50. The van der Waals surface area contributed by atoms with Crippen LogP contribution in [0.15, 0.2) is 63.3 Å². The SMILES string of the molecule is COc1ccc(/C=N/NC(=O)CSc2nnc(-c3ccc(Br)cc3)n2C)cc1. The Balaban J connectivity index is 1.53. The van der Waals surface area contributed by atoms with Crippen LogP contribution in [0.1, 0.15) is 5.56 Å². The Morgan fingerprint density at radius 1 is 1.21 bits per heavy atom. The van der Waals surface area contributed by atoms with E-state index in [1.165, 1.54) is 11.8 Å². The second kappa shape index (κ2) is 9.52. The van der Waals surface area contributed by atoms with E-state index < -0.39 is 0 Å². The van der Waals surface area contributed by atoms with Crippen molar-refractivity contribution in [3.05, 3.63) is 58.6 Å². The van der Waals surface area contributed by atoms with Gasteiger partial charge >= 0.3 is 0 Å². The molecule has 0 spiro atoms. The van der Waals surface area contributed by atoms with E-state index in [-0.39, 0.29) is 11.7 Å². The summed E-state index contributed by atoms with van der Waals surface area (Å²) in [6, 6.07) is 15.2. The summed E-state index contributed by atoms with van der Waals surface area (Å²) < 4.78 is 7.96. The van der Waals surface area contributed by atoms with E-state index in [1.807, 2.05) is 60.1 Å². The second-order valence-electron chi connectivity index (χ2n) is 5.73. The van der Waals surface area contributed by atoms with Crippen LogP contribution in [0.3, 0.4) is 0 Å². The fourth-order valence-electron chi connectivity index (χ4n) is 2.32. The molecule has 144 valence electrons. The maximum atomic E-state index is 12.0. The van der Waals surface area contributed by atoms with Gasteiger partial charge in [0.1, 0.15) is 5.75 Å². The zero-order valence-corrected chi connectivity index (χ0v) is 17.7. The molecular formula is C19H18BrN5O2S. The number of halogens is 1. The number of aromatic nitrogens is 3. The van der Waals surface area contributed by atoms with Gasteiger partial charge < -0.3 is 9.30 Å². The van der Waals surface area contributed by atoms with Gasteiger partial charge in [0.25, 0.3) is 5.91 Å². The van der Waals surface area contributed by atoms with Crippen LogP contribution >= 0.6 is 27.7 Å². The number of rotatable bonds is 7. The number of carbonyl (C=O) groups excluding carboxylic acids is 1. The molecule has 0 aliphatic heterocycles. The molecule has 0 atom stereocenters. The summed E-state index contributed by atoms with van der Waals surface area (Å²) in [4.78, 5) is 12.0. The van der Waals surface area contributed by atoms with Crippen LogP contribution in [0, 0.1) is 0 Å². The van der Waals surface area contributed by atoms with Crippen molar-refractivity contribution in [1.29, 1.82) is 0 Å². The first kappa shape index (κ1) is 20.1. The van der Waals surface area contributed by atoms with Crippen LogP contribution in [-0.2, 0) is 11.8 Å². The van der Waals surface area contributed by atoms with E-state index >= 15 is 0 Å². The standard InChI is InChI=1S/C19H18BrN5O2S/c1-25-18(14-5-7-15(20)8-6-14)23-24-19(25)28-12-17(26)22-21-11-13-3-9-16(27-2)10-4-13/h3-11H,12H2,1-2H3,(H,22,26)/b21-11+. The third-order valence-electron chi connectivity index (χ3n) is 3.79. The Bertz CT molecular complexity index is 971. The van der Waals surface area contributed by atoms with Gasteiger partial charge in [-0.15, -0.1) is 10.2 Å². The van der Waals surface area contributed by atoms with Gasteiger partial charge in [-0.05, 0) is 42.0 Å². The van der Waals surface area contributed by atoms with Gasteiger partial charge in [-0.25, -0.2) is 5.43 Å². The van der Waals surface area contributed by atoms with Crippen LogP contribution in [0.25, 0.3) is 11.4 Å². The van der Waals surface area contributed by atoms with Crippen LogP contribution in [0.2, 0.25) is 0 Å². The van der Waals surface area contributed by atoms with Crippen LogP contribution in [0.5, 0.6) is 5.75 Å². The average Bonchev–Trinajstić information content (AvgIpc) is 3.08. The molecule has 1 aromatic heterocycles. The molecule has 0 saturated heterocycles. The Morgan fingerprint density at radius 2 is 1.93 bits per heavy atom. The first-order valence-electron chi connectivity index (χ1n) is 8.31. The first-order valence-corrected chi connectivity index (χ1v) is 10.1. The normalized spacial score (nSPS) is 11.0. The molecule has 1 heterocycles. The zero-order valence-electron chi connectivity index (χ0n) is 15.3. The lowest BCUT2D eigenvalue weighted by Crippen LogP contribution is -2.19. The van der Waals surface area contributed by atoms with Gasteiger partial charge in [-0.1, -0.05) is 39.8 Å². The summed E-state index contributed by atoms with van der Waals surface area (Å²) >= 11 is 4.72. The number of hydrazone groups is 1. The second-order valence-corrected chi connectivity index (χ2v) is 7.59. The predicted molar refractivity (Wildman–Crippen MR) is 114 cm³/mol. The maximum Gasteiger partial charge on any atom is 0.250 e. The molecule has 28 heavy (non-hydrogen) atoms. The molecule has 9 heteroatoms. The van der Waals surface area contributed by atoms with Crippen LogP contribution < -0.4 is 10.2 Å². The van der Waals surface area contributed by atoms with Crippen molar-refractivity contribution in [3.63, 3.8) is 0 Å². The summed E-state index contributed by atoms with van der Waals surface area (Å²) in [5, 5.41) is 13.0. The van der Waals surface area contributed by atoms with Crippen molar-refractivity contribution in [2.75, 3.05) is 12.9 Å². The fraction of sp³-hybridized carbons (Fsp3) is 0.158. The summed E-state index contributed by atoms with van der Waals surface area (Å²) in [6.45, 7) is 0. The first-order chi connectivity index (χ1) is 13.6. The van der Waals surface area contributed by atoms with Gasteiger partial charge in [0.05, 0.1) is 19.1 Å². The number of hydrogen-bond donors (Lipinski definition) is 1. The Morgan fingerprint density at radius 3 is 2.61 bits per heavy atom. The summed E-state index contributed by atoms with van der Waals surface area (Å²) in [7, 11) is 3.49. The number of benzene rings is 2. The van der Waals surface area contributed by atoms with E-state index in [0.29, 0.717) is 5.16 Å². The van der Waals surface area contributed by atoms with Gasteiger partial charge in [-0.3, -0.25) is 4.79 Å². The highest BCUT2D eigenvalue weighted by molar-refractivity contribution is 9.10. The minimum atomic E-state index is -0.219. The molecule has 0 bridgehead atoms. The molecule has 0 saturated carbocycles. The lowest BCUT2D eigenvalue weighted by molar-refractivity contribution is -0.118. The lowest BCUT2D eigenvalue weighted by atomic mass is 10.2. The molecule has 0 aliphatic carbocycles. The van der Waals surface area contributed by atoms with E-state index in [0.717, 1.165) is 27.2 Å². The van der Waals surface area contributed by atoms with Crippen molar-refractivity contribution in [2.24, 2.45) is 12.1 Å². The van der Waals surface area contributed by atoms with Gasteiger partial charge in [0.15, 0.2) is 11.0 Å². The minimum Gasteiger partial charge on any atom is -0.497 e. The van der Waals surface area contributed by atoms with E-state index in [4.69, 9.17) is 4.74 Å². The van der Waals surface area contributed by atoms with Crippen molar-refractivity contribution < 1.29 is 9.53 Å². The van der Waals surface area contributed by atoms with Crippen molar-refractivity contribution in [3.8, 4) is 17.1 Å². The van der Waals surface area contributed by atoms with Crippen molar-refractivity contribution >= 4 is 39.8 Å². The molecule has 3 rings (SSSR count). The van der Waals surface area contributed by atoms with Gasteiger partial charge in [0, 0.05) is 17.1 Å². The number of hydrogen-bond acceptors (Lipinski definition) is 6. The number of thioether (sulfide) groups is 1. The highest BCUT2D eigenvalue weighted by Gasteiger charge is 2.12. The molecule has 7 nitrogen and oxygen atoms in total. The number of nitrogens with zero attached hydrogens (tertiary/aromatic N) is 4. The molecule has 0 radical (unpaired) electrons. The monoisotopic (exact) mass is 459 g/mol. The smallest absolute Gasteiger partial charge is 0.250 e. The number of amides is 1. The average molecular weight is 460 g/mol. The fourth-order valence-corrected chi connectivity index (χ4v) is 3.29. The van der Waals surface area contributed by atoms with Crippen LogP contribution in [0.4, 0.5) is 0 Å². The van der Waals surface area contributed by atoms with E-state index in [2.05, 4.69) is 36.7 Å². The van der Waals surface area contributed by atoms with Crippen LogP contribution in [-0.4, -0.2) is 39.7 Å².